The second-order valence-electron chi connectivity index (χ2n) is 5.78. The summed E-state index contributed by atoms with van der Waals surface area (Å²) >= 11 is 4.86. The van der Waals surface area contributed by atoms with Gasteiger partial charge in [-0.2, -0.15) is 0 Å². The van der Waals surface area contributed by atoms with Crippen LogP contribution < -0.4 is 5.32 Å². The van der Waals surface area contributed by atoms with E-state index < -0.39 is 0 Å². The van der Waals surface area contributed by atoms with Crippen molar-refractivity contribution in [2.24, 2.45) is 0 Å². The molecule has 1 heterocycles. The van der Waals surface area contributed by atoms with E-state index in [9.17, 15) is 9.59 Å². The fourth-order valence-electron chi connectivity index (χ4n) is 2.87. The monoisotopic (exact) mass is 419 g/mol. The topological polar surface area (TPSA) is 55.4 Å². The summed E-state index contributed by atoms with van der Waals surface area (Å²) in [5.74, 6) is -0.641. The van der Waals surface area contributed by atoms with Crippen LogP contribution in [0, 0.1) is 0 Å². The standard InChI is InChI=1S/C19H18BrNO3S/c1-24-19(23)17-14-4-2-3-5-15(14)25-18(17)21-16(22)11-8-12-6-9-13(20)10-7-12/h6-11H,2-5H2,1H3,(H,21,22)/b11-8+. The first kappa shape index (κ1) is 17.9. The molecule has 6 heteroatoms. The lowest BCUT2D eigenvalue weighted by molar-refractivity contribution is -0.111. The number of fused-ring (bicyclic) bond motifs is 1. The molecular weight excluding hydrogens is 402 g/mol. The Balaban J connectivity index is 1.79. The SMILES string of the molecule is COC(=O)c1c(NC(=O)/C=C/c2ccc(Br)cc2)sc2c1CCCC2. The van der Waals surface area contributed by atoms with Crippen molar-refractivity contribution in [1.82, 2.24) is 0 Å². The van der Waals surface area contributed by atoms with E-state index in [1.807, 2.05) is 24.3 Å². The lowest BCUT2D eigenvalue weighted by Gasteiger charge is -2.11. The van der Waals surface area contributed by atoms with E-state index in [-0.39, 0.29) is 11.9 Å². The molecule has 1 amide bonds. The molecule has 1 aromatic heterocycles. The Bertz CT molecular complexity index is 824. The molecule has 1 aromatic carbocycles. The zero-order valence-corrected chi connectivity index (χ0v) is 16.2. The molecule has 4 nitrogen and oxygen atoms in total. The Labute approximate surface area is 159 Å². The van der Waals surface area contributed by atoms with Crippen molar-refractivity contribution in [3.8, 4) is 0 Å². The van der Waals surface area contributed by atoms with E-state index >= 15 is 0 Å². The quantitative estimate of drug-likeness (QED) is 0.570. The van der Waals surface area contributed by atoms with Crippen molar-refractivity contribution in [3.05, 3.63) is 56.4 Å². The highest BCUT2D eigenvalue weighted by Gasteiger charge is 2.26. The summed E-state index contributed by atoms with van der Waals surface area (Å²) in [7, 11) is 1.37. The maximum atomic E-state index is 12.3. The van der Waals surface area contributed by atoms with Gasteiger partial charge < -0.3 is 10.1 Å². The molecule has 0 fully saturated rings. The third-order valence-corrected chi connectivity index (χ3v) is 5.83. The van der Waals surface area contributed by atoms with Crippen molar-refractivity contribution in [3.63, 3.8) is 0 Å². The van der Waals surface area contributed by atoms with Crippen LogP contribution in [0.4, 0.5) is 5.00 Å². The van der Waals surface area contributed by atoms with Crippen molar-refractivity contribution < 1.29 is 14.3 Å². The van der Waals surface area contributed by atoms with E-state index in [2.05, 4.69) is 21.2 Å². The predicted molar refractivity (Wildman–Crippen MR) is 104 cm³/mol. The van der Waals surface area contributed by atoms with Crippen molar-refractivity contribution in [2.75, 3.05) is 12.4 Å². The maximum Gasteiger partial charge on any atom is 0.341 e. The van der Waals surface area contributed by atoms with Crippen LogP contribution in [0.5, 0.6) is 0 Å². The molecule has 0 aliphatic heterocycles. The molecule has 25 heavy (non-hydrogen) atoms. The molecule has 0 atom stereocenters. The van der Waals surface area contributed by atoms with E-state index in [1.165, 1.54) is 29.4 Å². The highest BCUT2D eigenvalue weighted by atomic mass is 79.9. The molecule has 0 saturated carbocycles. The highest BCUT2D eigenvalue weighted by molar-refractivity contribution is 9.10. The minimum Gasteiger partial charge on any atom is -0.465 e. The Kier molecular flexibility index (Phi) is 5.71. The van der Waals surface area contributed by atoms with Crippen molar-refractivity contribution in [1.29, 1.82) is 0 Å². The zero-order valence-electron chi connectivity index (χ0n) is 13.8. The largest absolute Gasteiger partial charge is 0.465 e. The van der Waals surface area contributed by atoms with Gasteiger partial charge in [-0.1, -0.05) is 28.1 Å². The van der Waals surface area contributed by atoms with Gasteiger partial charge in [-0.05, 0) is 55.0 Å². The second-order valence-corrected chi connectivity index (χ2v) is 7.80. The molecule has 1 aliphatic carbocycles. The number of amides is 1. The fourth-order valence-corrected chi connectivity index (χ4v) is 4.42. The van der Waals surface area contributed by atoms with Gasteiger partial charge in [0.05, 0.1) is 12.7 Å². The molecule has 0 bridgehead atoms. The normalized spacial score (nSPS) is 13.5. The van der Waals surface area contributed by atoms with E-state index in [0.29, 0.717) is 10.6 Å². The summed E-state index contributed by atoms with van der Waals surface area (Å²) < 4.78 is 5.90. The Morgan fingerprint density at radius 3 is 2.64 bits per heavy atom. The minimum atomic E-state index is -0.383. The number of halogens is 1. The number of methoxy groups -OCH3 is 1. The van der Waals surface area contributed by atoms with E-state index in [1.54, 1.807) is 6.08 Å². The number of carbonyl (C=O) groups excluding carboxylic acids is 2. The van der Waals surface area contributed by atoms with Gasteiger partial charge in [-0.3, -0.25) is 4.79 Å². The number of aryl methyl sites for hydroxylation is 1. The molecule has 3 rings (SSSR count). The third kappa shape index (κ3) is 4.19. The summed E-state index contributed by atoms with van der Waals surface area (Å²) in [5.41, 5.74) is 2.49. The number of rotatable bonds is 4. The van der Waals surface area contributed by atoms with Crippen LogP contribution in [-0.4, -0.2) is 19.0 Å². The van der Waals surface area contributed by atoms with Crippen LogP contribution in [0.15, 0.2) is 34.8 Å². The van der Waals surface area contributed by atoms with Gasteiger partial charge in [0, 0.05) is 15.4 Å². The van der Waals surface area contributed by atoms with Crippen LogP contribution in [0.1, 0.15) is 39.2 Å². The van der Waals surface area contributed by atoms with Crippen LogP contribution in [-0.2, 0) is 22.4 Å². The number of benzene rings is 1. The molecule has 0 unspecified atom stereocenters. The smallest absolute Gasteiger partial charge is 0.341 e. The van der Waals surface area contributed by atoms with Crippen LogP contribution in [0.25, 0.3) is 6.08 Å². The average molecular weight is 420 g/mol. The molecule has 1 aliphatic rings. The molecule has 130 valence electrons. The van der Waals surface area contributed by atoms with Gasteiger partial charge in [0.2, 0.25) is 5.91 Å². The zero-order chi connectivity index (χ0) is 17.8. The van der Waals surface area contributed by atoms with Gasteiger partial charge >= 0.3 is 5.97 Å². The lowest BCUT2D eigenvalue weighted by Crippen LogP contribution is -2.13. The van der Waals surface area contributed by atoms with Crippen molar-refractivity contribution in [2.45, 2.75) is 25.7 Å². The van der Waals surface area contributed by atoms with Crippen LogP contribution in [0.2, 0.25) is 0 Å². The van der Waals surface area contributed by atoms with Gasteiger partial charge in [-0.25, -0.2) is 4.79 Å². The molecule has 2 aromatic rings. The third-order valence-electron chi connectivity index (χ3n) is 4.09. The number of hydrogen-bond donors (Lipinski definition) is 1. The number of carbonyl (C=O) groups is 2. The number of thiophene rings is 1. The molecule has 0 radical (unpaired) electrons. The average Bonchev–Trinajstić information content (AvgIpc) is 2.98. The summed E-state index contributed by atoms with van der Waals surface area (Å²) in [4.78, 5) is 25.6. The lowest BCUT2D eigenvalue weighted by atomic mass is 9.95. The fraction of sp³-hybridized carbons (Fsp3) is 0.263. The van der Waals surface area contributed by atoms with E-state index in [0.717, 1.165) is 41.3 Å². The van der Waals surface area contributed by atoms with Crippen LogP contribution >= 0.6 is 27.3 Å². The number of hydrogen-bond acceptors (Lipinski definition) is 4. The number of ether oxygens (including phenoxy) is 1. The van der Waals surface area contributed by atoms with Crippen molar-refractivity contribution >= 4 is 50.2 Å². The summed E-state index contributed by atoms with van der Waals surface area (Å²) in [6.45, 7) is 0. The molecule has 0 spiro atoms. The van der Waals surface area contributed by atoms with Gasteiger partial charge in [0.15, 0.2) is 0 Å². The second kappa shape index (κ2) is 7.97. The summed E-state index contributed by atoms with van der Waals surface area (Å²) in [5, 5.41) is 3.43. The first-order valence-electron chi connectivity index (χ1n) is 8.06. The first-order valence-corrected chi connectivity index (χ1v) is 9.67. The predicted octanol–water partition coefficient (Wildman–Crippen LogP) is 4.83. The number of esters is 1. The number of nitrogens with one attached hydrogen (secondary N) is 1. The Hall–Kier alpha value is -1.92. The molecule has 1 N–H and O–H groups in total. The Morgan fingerprint density at radius 2 is 1.92 bits per heavy atom. The van der Waals surface area contributed by atoms with Crippen LogP contribution in [0.3, 0.4) is 0 Å². The van der Waals surface area contributed by atoms with Gasteiger partial charge in [0.1, 0.15) is 5.00 Å². The highest BCUT2D eigenvalue weighted by Crippen LogP contribution is 2.38. The number of anilines is 1. The minimum absolute atomic E-state index is 0.258. The Morgan fingerprint density at radius 1 is 1.20 bits per heavy atom. The molecule has 0 saturated heterocycles. The van der Waals surface area contributed by atoms with E-state index in [4.69, 9.17) is 4.74 Å². The maximum absolute atomic E-state index is 12.3. The molecular formula is C19H18BrNO3S. The van der Waals surface area contributed by atoms with Gasteiger partial charge in [0.25, 0.3) is 0 Å². The van der Waals surface area contributed by atoms with Gasteiger partial charge in [-0.15, -0.1) is 11.3 Å². The summed E-state index contributed by atoms with van der Waals surface area (Å²) in [6.07, 6.45) is 7.21. The first-order chi connectivity index (χ1) is 12.1. The summed E-state index contributed by atoms with van der Waals surface area (Å²) in [6, 6.07) is 7.66.